The molecule has 0 amide bonds. The molecule has 0 unspecified atom stereocenters. The second kappa shape index (κ2) is 3.72. The Morgan fingerprint density at radius 1 is 1.31 bits per heavy atom. The molecule has 0 spiro atoms. The molecular weight excluding hydrogens is 180 g/mol. The molecule has 0 aliphatic carbocycles. The van der Waals surface area contributed by atoms with Crippen LogP contribution in [0.1, 0.15) is 5.56 Å². The number of benzene rings is 1. The number of rotatable bonds is 3. The van der Waals surface area contributed by atoms with Crippen molar-refractivity contribution in [2.75, 3.05) is 6.51 Å². The predicted octanol–water partition coefficient (Wildman–Crippen LogP) is 2.76. The second-order valence-electron chi connectivity index (χ2n) is 2.84. The van der Waals surface area contributed by atoms with E-state index in [0.29, 0.717) is 0 Å². The summed E-state index contributed by atoms with van der Waals surface area (Å²) in [7, 11) is 0. The van der Waals surface area contributed by atoms with Crippen LogP contribution in [0.2, 0.25) is 0 Å². The van der Waals surface area contributed by atoms with E-state index in [-0.39, 0.29) is 5.75 Å². The zero-order valence-electron chi connectivity index (χ0n) is 7.14. The van der Waals surface area contributed by atoms with E-state index in [1.54, 1.807) is 25.1 Å². The fraction of sp³-hybridized carbons (Fsp3) is 0.250. The summed E-state index contributed by atoms with van der Waals surface area (Å²) in [5.41, 5.74) is 0.882. The normalized spacial score (nSPS) is 11.4. The summed E-state index contributed by atoms with van der Waals surface area (Å²) in [6.45, 7) is -4.24. The van der Waals surface area contributed by atoms with Crippen molar-refractivity contribution >= 4 is 6.98 Å². The minimum Gasteiger partial charge on any atom is -0.522 e. The van der Waals surface area contributed by atoms with Gasteiger partial charge >= 0.3 is 6.98 Å². The molecule has 0 aliphatic heterocycles. The molecule has 5 heteroatoms. The summed E-state index contributed by atoms with van der Waals surface area (Å²) in [5.74, 6) is 0.263. The van der Waals surface area contributed by atoms with Crippen LogP contribution in [-0.4, -0.2) is 13.5 Å². The lowest BCUT2D eigenvalue weighted by Gasteiger charge is -2.15. The summed E-state index contributed by atoms with van der Waals surface area (Å²) in [5, 5.41) is 0. The fourth-order valence-electron chi connectivity index (χ4n) is 0.896. The van der Waals surface area contributed by atoms with Crippen LogP contribution in [0.5, 0.6) is 5.75 Å². The van der Waals surface area contributed by atoms with Gasteiger partial charge in [-0.3, -0.25) is 0 Å². The number of aryl methyl sites for hydroxylation is 1. The van der Waals surface area contributed by atoms with E-state index in [1.165, 1.54) is 6.07 Å². The van der Waals surface area contributed by atoms with Gasteiger partial charge in [0, 0.05) is 0 Å². The van der Waals surface area contributed by atoms with Crippen LogP contribution < -0.4 is 4.74 Å². The van der Waals surface area contributed by atoms with Gasteiger partial charge in [-0.15, -0.1) is 0 Å². The standard InChI is InChI=1S/C8H9BF3O/c1-7-3-2-4-8(5-7)13-6-9(10,11)12/h2-5H,6H2,1H3/q-1. The number of hydrogen-bond acceptors (Lipinski definition) is 1. The van der Waals surface area contributed by atoms with Crippen LogP contribution in [0.4, 0.5) is 12.9 Å². The van der Waals surface area contributed by atoms with E-state index in [0.717, 1.165) is 5.56 Å². The Morgan fingerprint density at radius 3 is 2.54 bits per heavy atom. The van der Waals surface area contributed by atoms with Crippen molar-refractivity contribution in [1.82, 2.24) is 0 Å². The number of hydrogen-bond donors (Lipinski definition) is 0. The second-order valence-corrected chi connectivity index (χ2v) is 2.84. The van der Waals surface area contributed by atoms with Gasteiger partial charge < -0.3 is 17.7 Å². The van der Waals surface area contributed by atoms with Gasteiger partial charge in [0.1, 0.15) is 5.75 Å². The molecule has 1 rings (SSSR count). The highest BCUT2D eigenvalue weighted by Gasteiger charge is 2.23. The molecule has 0 aliphatic rings. The first-order chi connectivity index (χ1) is 5.97. The lowest BCUT2D eigenvalue weighted by Crippen LogP contribution is -2.26. The van der Waals surface area contributed by atoms with Crippen molar-refractivity contribution in [1.29, 1.82) is 0 Å². The van der Waals surface area contributed by atoms with Crippen molar-refractivity contribution in [3.8, 4) is 5.75 Å². The van der Waals surface area contributed by atoms with Crippen LogP contribution in [-0.2, 0) is 0 Å². The van der Waals surface area contributed by atoms with Gasteiger partial charge in [0.2, 0.25) is 0 Å². The smallest absolute Gasteiger partial charge is 0.515 e. The molecule has 0 N–H and O–H groups in total. The Labute approximate surface area is 74.6 Å². The van der Waals surface area contributed by atoms with Gasteiger partial charge in [-0.25, -0.2) is 0 Å². The maximum absolute atomic E-state index is 11.8. The molecule has 0 bridgehead atoms. The third-order valence-electron chi connectivity index (χ3n) is 1.43. The largest absolute Gasteiger partial charge is 0.522 e. The van der Waals surface area contributed by atoms with Gasteiger partial charge in [-0.2, -0.15) is 0 Å². The first kappa shape index (κ1) is 9.96. The van der Waals surface area contributed by atoms with Gasteiger partial charge in [-0.1, -0.05) is 12.1 Å². The Balaban J connectivity index is 2.55. The van der Waals surface area contributed by atoms with Gasteiger partial charge in [0.25, 0.3) is 0 Å². The lowest BCUT2D eigenvalue weighted by molar-refractivity contribution is 0.313. The molecule has 1 aromatic rings. The molecule has 0 radical (unpaired) electrons. The molecule has 1 aromatic carbocycles. The average Bonchev–Trinajstić information content (AvgIpc) is 2.00. The monoisotopic (exact) mass is 189 g/mol. The first-order valence-corrected chi connectivity index (χ1v) is 3.88. The van der Waals surface area contributed by atoms with Crippen LogP contribution in [0.15, 0.2) is 24.3 Å². The average molecular weight is 189 g/mol. The Kier molecular flexibility index (Phi) is 2.85. The SMILES string of the molecule is Cc1cccc(OC[B-](F)(F)F)c1. The number of ether oxygens (including phenoxy) is 1. The molecule has 0 fully saturated rings. The molecule has 0 heterocycles. The first-order valence-electron chi connectivity index (χ1n) is 3.88. The fourth-order valence-corrected chi connectivity index (χ4v) is 0.896. The van der Waals surface area contributed by atoms with Crippen molar-refractivity contribution in [3.63, 3.8) is 0 Å². The highest BCUT2D eigenvalue weighted by Crippen LogP contribution is 2.15. The molecule has 72 valence electrons. The molecule has 0 atom stereocenters. The van der Waals surface area contributed by atoms with Crippen molar-refractivity contribution in [2.24, 2.45) is 0 Å². The van der Waals surface area contributed by atoms with E-state index >= 15 is 0 Å². The molecule has 0 saturated carbocycles. The lowest BCUT2D eigenvalue weighted by atomic mass is 9.95. The van der Waals surface area contributed by atoms with Gasteiger partial charge in [-0.05, 0) is 24.6 Å². The van der Waals surface area contributed by atoms with Crippen molar-refractivity contribution in [2.45, 2.75) is 6.92 Å². The number of halogens is 3. The van der Waals surface area contributed by atoms with E-state index in [9.17, 15) is 12.9 Å². The van der Waals surface area contributed by atoms with E-state index in [1.807, 2.05) is 0 Å². The third-order valence-corrected chi connectivity index (χ3v) is 1.43. The molecule has 0 saturated heterocycles. The maximum Gasteiger partial charge on any atom is 0.515 e. The summed E-state index contributed by atoms with van der Waals surface area (Å²) in [6, 6.07) is 6.54. The van der Waals surface area contributed by atoms with Crippen LogP contribution in [0.25, 0.3) is 0 Å². The van der Waals surface area contributed by atoms with Gasteiger partial charge in [0.05, 0.1) is 6.51 Å². The molecule has 1 nitrogen and oxygen atoms in total. The van der Waals surface area contributed by atoms with Crippen LogP contribution in [0.3, 0.4) is 0 Å². The summed E-state index contributed by atoms with van der Waals surface area (Å²) in [6.07, 6.45) is 0. The van der Waals surface area contributed by atoms with E-state index in [2.05, 4.69) is 4.74 Å². The Morgan fingerprint density at radius 2 is 2.00 bits per heavy atom. The summed E-state index contributed by atoms with van der Waals surface area (Å²) >= 11 is 0. The Bertz CT molecular complexity index is 285. The topological polar surface area (TPSA) is 9.23 Å². The molecule has 13 heavy (non-hydrogen) atoms. The third kappa shape index (κ3) is 3.87. The quantitative estimate of drug-likeness (QED) is 0.664. The highest BCUT2D eigenvalue weighted by molar-refractivity contribution is 6.58. The minimum atomic E-state index is -4.86. The van der Waals surface area contributed by atoms with Crippen LogP contribution in [0, 0.1) is 6.92 Å². The zero-order chi connectivity index (χ0) is 9.90. The molecule has 0 aromatic heterocycles. The highest BCUT2D eigenvalue weighted by atomic mass is 19.4. The van der Waals surface area contributed by atoms with Gasteiger partial charge in [0.15, 0.2) is 0 Å². The van der Waals surface area contributed by atoms with E-state index in [4.69, 9.17) is 0 Å². The molecular formula is C8H9BF3O-. The maximum atomic E-state index is 11.8. The minimum absolute atomic E-state index is 0.263. The summed E-state index contributed by atoms with van der Waals surface area (Å²) < 4.78 is 39.9. The van der Waals surface area contributed by atoms with Crippen molar-refractivity contribution in [3.05, 3.63) is 29.8 Å². The Hall–Kier alpha value is -1.13. The van der Waals surface area contributed by atoms with Crippen LogP contribution >= 0.6 is 0 Å². The van der Waals surface area contributed by atoms with Crippen molar-refractivity contribution < 1.29 is 17.7 Å². The zero-order valence-corrected chi connectivity index (χ0v) is 7.14. The van der Waals surface area contributed by atoms with E-state index < -0.39 is 13.5 Å². The summed E-state index contributed by atoms with van der Waals surface area (Å²) in [4.78, 5) is 0. The predicted molar refractivity (Wildman–Crippen MR) is 45.8 cm³/mol.